The molecule has 4 nitrogen and oxygen atoms in total. The number of benzene rings is 2. The lowest BCUT2D eigenvalue weighted by Gasteiger charge is -2.04. The van der Waals surface area contributed by atoms with Crippen LogP contribution in [0.3, 0.4) is 0 Å². The van der Waals surface area contributed by atoms with Crippen molar-refractivity contribution in [2.45, 2.75) is 19.8 Å². The SMILES string of the molecule is Cc1ccc(-c2cnc(CCC(=O)Nc3ccc(I)cc3)o2)cc1. The Balaban J connectivity index is 1.56. The first kappa shape index (κ1) is 16.7. The van der Waals surface area contributed by atoms with Crippen molar-refractivity contribution in [2.75, 3.05) is 5.32 Å². The van der Waals surface area contributed by atoms with Gasteiger partial charge in [0, 0.05) is 27.7 Å². The largest absolute Gasteiger partial charge is 0.441 e. The normalized spacial score (nSPS) is 10.6. The minimum Gasteiger partial charge on any atom is -0.441 e. The van der Waals surface area contributed by atoms with Crippen LogP contribution in [0.15, 0.2) is 59.1 Å². The van der Waals surface area contributed by atoms with E-state index in [0.717, 1.165) is 20.6 Å². The van der Waals surface area contributed by atoms with Gasteiger partial charge in [0.25, 0.3) is 0 Å². The van der Waals surface area contributed by atoms with E-state index in [0.29, 0.717) is 18.7 Å². The molecule has 122 valence electrons. The molecule has 0 saturated heterocycles. The molecule has 3 rings (SSSR count). The monoisotopic (exact) mass is 432 g/mol. The smallest absolute Gasteiger partial charge is 0.224 e. The number of amides is 1. The number of oxazole rings is 1. The van der Waals surface area contributed by atoms with E-state index < -0.39 is 0 Å². The van der Waals surface area contributed by atoms with E-state index in [-0.39, 0.29) is 5.91 Å². The van der Waals surface area contributed by atoms with Gasteiger partial charge in [-0.1, -0.05) is 29.8 Å². The summed E-state index contributed by atoms with van der Waals surface area (Å²) in [4.78, 5) is 16.3. The zero-order chi connectivity index (χ0) is 16.9. The highest BCUT2D eigenvalue weighted by Gasteiger charge is 2.09. The Kier molecular flexibility index (Phi) is 5.30. The second-order valence-electron chi connectivity index (χ2n) is 5.54. The maximum absolute atomic E-state index is 12.0. The predicted molar refractivity (Wildman–Crippen MR) is 103 cm³/mol. The van der Waals surface area contributed by atoms with Crippen LogP contribution in [0, 0.1) is 10.5 Å². The van der Waals surface area contributed by atoms with Gasteiger partial charge in [0.1, 0.15) is 0 Å². The number of hydrogen-bond acceptors (Lipinski definition) is 3. The number of nitrogens with one attached hydrogen (secondary N) is 1. The maximum atomic E-state index is 12.0. The maximum Gasteiger partial charge on any atom is 0.224 e. The third-order valence-corrected chi connectivity index (χ3v) is 4.30. The van der Waals surface area contributed by atoms with Gasteiger partial charge in [-0.05, 0) is 53.8 Å². The van der Waals surface area contributed by atoms with Gasteiger partial charge in [0.15, 0.2) is 11.7 Å². The van der Waals surface area contributed by atoms with Gasteiger partial charge in [-0.25, -0.2) is 4.98 Å². The molecule has 3 aromatic rings. The molecule has 2 aromatic carbocycles. The van der Waals surface area contributed by atoms with Gasteiger partial charge in [-0.15, -0.1) is 0 Å². The van der Waals surface area contributed by atoms with E-state index in [4.69, 9.17) is 4.42 Å². The Labute approximate surface area is 154 Å². The van der Waals surface area contributed by atoms with Crippen molar-refractivity contribution >= 4 is 34.2 Å². The fourth-order valence-corrected chi connectivity index (χ4v) is 2.61. The van der Waals surface area contributed by atoms with E-state index in [1.165, 1.54) is 5.56 Å². The topological polar surface area (TPSA) is 55.1 Å². The Morgan fingerprint density at radius 2 is 1.83 bits per heavy atom. The first-order valence-corrected chi connectivity index (χ1v) is 8.75. The minimum absolute atomic E-state index is 0.0497. The van der Waals surface area contributed by atoms with Gasteiger partial charge in [0.2, 0.25) is 5.91 Å². The summed E-state index contributed by atoms with van der Waals surface area (Å²) in [6.07, 6.45) is 2.51. The van der Waals surface area contributed by atoms with Crippen LogP contribution in [0.4, 0.5) is 5.69 Å². The Morgan fingerprint density at radius 1 is 1.12 bits per heavy atom. The second kappa shape index (κ2) is 7.61. The lowest BCUT2D eigenvalue weighted by atomic mass is 10.1. The molecule has 5 heteroatoms. The van der Waals surface area contributed by atoms with Crippen molar-refractivity contribution in [3.05, 3.63) is 69.8 Å². The number of aryl methyl sites for hydroxylation is 2. The summed E-state index contributed by atoms with van der Waals surface area (Å²) in [7, 11) is 0. The minimum atomic E-state index is -0.0497. The predicted octanol–water partition coefficient (Wildman–Crippen LogP) is 4.83. The molecule has 0 aliphatic rings. The zero-order valence-electron chi connectivity index (χ0n) is 13.3. The van der Waals surface area contributed by atoms with Gasteiger partial charge in [0.05, 0.1) is 6.20 Å². The molecule has 0 unspecified atom stereocenters. The second-order valence-corrected chi connectivity index (χ2v) is 6.78. The fourth-order valence-electron chi connectivity index (χ4n) is 2.25. The number of anilines is 1. The number of rotatable bonds is 5. The zero-order valence-corrected chi connectivity index (χ0v) is 15.4. The lowest BCUT2D eigenvalue weighted by Crippen LogP contribution is -2.12. The van der Waals surface area contributed by atoms with Crippen molar-refractivity contribution in [3.8, 4) is 11.3 Å². The van der Waals surface area contributed by atoms with Crippen molar-refractivity contribution < 1.29 is 9.21 Å². The molecule has 0 spiro atoms. The summed E-state index contributed by atoms with van der Waals surface area (Å²) >= 11 is 2.23. The van der Waals surface area contributed by atoms with Gasteiger partial charge < -0.3 is 9.73 Å². The van der Waals surface area contributed by atoms with Crippen LogP contribution in [0.25, 0.3) is 11.3 Å². The highest BCUT2D eigenvalue weighted by molar-refractivity contribution is 14.1. The molecule has 0 bridgehead atoms. The van der Waals surface area contributed by atoms with E-state index in [9.17, 15) is 4.79 Å². The Morgan fingerprint density at radius 3 is 2.54 bits per heavy atom. The van der Waals surface area contributed by atoms with Gasteiger partial charge in [-0.2, -0.15) is 0 Å². The number of hydrogen-bond donors (Lipinski definition) is 1. The fraction of sp³-hybridized carbons (Fsp3) is 0.158. The van der Waals surface area contributed by atoms with Gasteiger partial charge in [-0.3, -0.25) is 4.79 Å². The summed E-state index contributed by atoms with van der Waals surface area (Å²) in [5.41, 5.74) is 2.99. The Bertz CT molecular complexity index is 823. The van der Waals surface area contributed by atoms with Crippen molar-refractivity contribution in [1.82, 2.24) is 4.98 Å². The summed E-state index contributed by atoms with van der Waals surface area (Å²) in [5, 5.41) is 2.87. The van der Waals surface area contributed by atoms with Gasteiger partial charge >= 0.3 is 0 Å². The number of aromatic nitrogens is 1. The first-order chi connectivity index (χ1) is 11.6. The number of carbonyl (C=O) groups is 1. The van der Waals surface area contributed by atoms with Crippen molar-refractivity contribution in [1.29, 1.82) is 0 Å². The van der Waals surface area contributed by atoms with E-state index in [1.54, 1.807) is 6.20 Å². The average Bonchev–Trinajstić information content (AvgIpc) is 3.05. The van der Waals surface area contributed by atoms with Crippen LogP contribution >= 0.6 is 22.6 Å². The van der Waals surface area contributed by atoms with Crippen LogP contribution in [0.1, 0.15) is 17.9 Å². The molecule has 0 radical (unpaired) electrons. The first-order valence-electron chi connectivity index (χ1n) is 7.67. The number of nitrogens with zero attached hydrogens (tertiary/aromatic N) is 1. The molecule has 0 fully saturated rings. The summed E-state index contributed by atoms with van der Waals surface area (Å²) in [6, 6.07) is 15.8. The standard InChI is InChI=1S/C19H17IN2O2/c1-13-2-4-14(5-3-13)17-12-21-19(24-17)11-10-18(23)22-16-8-6-15(20)7-9-16/h2-9,12H,10-11H2,1H3,(H,22,23). The quantitative estimate of drug-likeness (QED) is 0.588. The molecule has 1 heterocycles. The van der Waals surface area contributed by atoms with E-state index >= 15 is 0 Å². The molecular formula is C19H17IN2O2. The lowest BCUT2D eigenvalue weighted by molar-refractivity contribution is -0.116. The Hall–Kier alpha value is -2.15. The third-order valence-electron chi connectivity index (χ3n) is 3.58. The van der Waals surface area contributed by atoms with Crippen LogP contribution in [-0.2, 0) is 11.2 Å². The molecule has 0 atom stereocenters. The molecule has 1 aromatic heterocycles. The molecule has 1 N–H and O–H groups in total. The van der Waals surface area contributed by atoms with Crippen LogP contribution < -0.4 is 5.32 Å². The highest BCUT2D eigenvalue weighted by atomic mass is 127. The average molecular weight is 432 g/mol. The summed E-state index contributed by atoms with van der Waals surface area (Å²) in [5.74, 6) is 1.25. The van der Waals surface area contributed by atoms with E-state index in [1.807, 2.05) is 55.5 Å². The summed E-state index contributed by atoms with van der Waals surface area (Å²) < 4.78 is 6.87. The third kappa shape index (κ3) is 4.44. The molecule has 0 saturated carbocycles. The number of halogens is 1. The van der Waals surface area contributed by atoms with E-state index in [2.05, 4.69) is 32.9 Å². The number of carbonyl (C=O) groups excluding carboxylic acids is 1. The summed E-state index contributed by atoms with van der Waals surface area (Å²) in [6.45, 7) is 2.04. The van der Waals surface area contributed by atoms with Crippen LogP contribution in [-0.4, -0.2) is 10.9 Å². The molecule has 1 amide bonds. The molecule has 0 aliphatic carbocycles. The molecule has 24 heavy (non-hydrogen) atoms. The molecular weight excluding hydrogens is 415 g/mol. The molecule has 0 aliphatic heterocycles. The van der Waals surface area contributed by atoms with Crippen LogP contribution in [0.5, 0.6) is 0 Å². The highest BCUT2D eigenvalue weighted by Crippen LogP contribution is 2.21. The van der Waals surface area contributed by atoms with Crippen molar-refractivity contribution in [3.63, 3.8) is 0 Å². The van der Waals surface area contributed by atoms with Crippen molar-refractivity contribution in [2.24, 2.45) is 0 Å². The van der Waals surface area contributed by atoms with Crippen LogP contribution in [0.2, 0.25) is 0 Å².